The SMILES string of the molecule is CCOCC(C)N[C@H](CC)CO. The first kappa shape index (κ1) is 11.9. The molecule has 3 heteroatoms. The second-order valence-corrected chi connectivity index (χ2v) is 3.01. The standard InChI is InChI=1S/C9H21NO2/c1-4-9(6-11)10-8(3)7-12-5-2/h8-11H,4-7H2,1-3H3/t8?,9-/m1/s1. The topological polar surface area (TPSA) is 41.5 Å². The number of ether oxygens (including phenoxy) is 1. The highest BCUT2D eigenvalue weighted by Gasteiger charge is 2.08. The van der Waals surface area contributed by atoms with Crippen LogP contribution in [0.5, 0.6) is 0 Å². The highest BCUT2D eigenvalue weighted by atomic mass is 16.5. The van der Waals surface area contributed by atoms with Crippen LogP contribution in [0.2, 0.25) is 0 Å². The summed E-state index contributed by atoms with van der Waals surface area (Å²) in [7, 11) is 0. The summed E-state index contributed by atoms with van der Waals surface area (Å²) in [5.74, 6) is 0. The first-order valence-corrected chi connectivity index (χ1v) is 4.69. The maximum absolute atomic E-state index is 8.90. The molecule has 0 spiro atoms. The van der Waals surface area contributed by atoms with Crippen LogP contribution in [0.1, 0.15) is 27.2 Å². The van der Waals surface area contributed by atoms with Crippen LogP contribution in [0.3, 0.4) is 0 Å². The Labute approximate surface area is 75.1 Å². The molecule has 0 heterocycles. The van der Waals surface area contributed by atoms with E-state index in [9.17, 15) is 0 Å². The van der Waals surface area contributed by atoms with Crippen LogP contribution in [0.25, 0.3) is 0 Å². The van der Waals surface area contributed by atoms with Gasteiger partial charge in [-0.3, -0.25) is 0 Å². The molecule has 0 saturated heterocycles. The van der Waals surface area contributed by atoms with E-state index in [1.807, 2.05) is 6.92 Å². The Hall–Kier alpha value is -0.120. The Morgan fingerprint density at radius 1 is 1.42 bits per heavy atom. The number of nitrogens with one attached hydrogen (secondary N) is 1. The summed E-state index contributed by atoms with van der Waals surface area (Å²) in [6.07, 6.45) is 0.951. The maximum atomic E-state index is 8.90. The number of aliphatic hydroxyl groups is 1. The molecule has 0 bridgehead atoms. The van der Waals surface area contributed by atoms with Gasteiger partial charge in [0.1, 0.15) is 0 Å². The minimum absolute atomic E-state index is 0.201. The zero-order valence-electron chi connectivity index (χ0n) is 8.34. The van der Waals surface area contributed by atoms with Crippen molar-refractivity contribution in [2.45, 2.75) is 39.3 Å². The minimum Gasteiger partial charge on any atom is -0.395 e. The second-order valence-electron chi connectivity index (χ2n) is 3.01. The van der Waals surface area contributed by atoms with Gasteiger partial charge in [0.2, 0.25) is 0 Å². The van der Waals surface area contributed by atoms with Crippen LogP contribution in [-0.4, -0.2) is 37.0 Å². The summed E-state index contributed by atoms with van der Waals surface area (Å²) in [4.78, 5) is 0. The molecule has 0 radical (unpaired) electrons. The molecule has 3 nitrogen and oxygen atoms in total. The van der Waals surface area contributed by atoms with Crippen molar-refractivity contribution < 1.29 is 9.84 Å². The average molecular weight is 175 g/mol. The molecule has 2 atom stereocenters. The molecule has 0 aromatic carbocycles. The van der Waals surface area contributed by atoms with Gasteiger partial charge in [-0.25, -0.2) is 0 Å². The average Bonchev–Trinajstić information content (AvgIpc) is 2.10. The molecule has 2 N–H and O–H groups in total. The summed E-state index contributed by atoms with van der Waals surface area (Å²) in [6.45, 7) is 7.77. The highest BCUT2D eigenvalue weighted by Crippen LogP contribution is 1.93. The Morgan fingerprint density at radius 2 is 2.08 bits per heavy atom. The van der Waals surface area contributed by atoms with Gasteiger partial charge >= 0.3 is 0 Å². The fourth-order valence-corrected chi connectivity index (χ4v) is 1.04. The van der Waals surface area contributed by atoms with E-state index in [0.717, 1.165) is 13.0 Å². The summed E-state index contributed by atoms with van der Waals surface area (Å²) < 4.78 is 5.24. The number of hydrogen-bond acceptors (Lipinski definition) is 3. The Kier molecular flexibility index (Phi) is 7.45. The molecule has 12 heavy (non-hydrogen) atoms. The van der Waals surface area contributed by atoms with Crippen molar-refractivity contribution in [3.05, 3.63) is 0 Å². The summed E-state index contributed by atoms with van der Waals surface area (Å²) in [6, 6.07) is 0.530. The van der Waals surface area contributed by atoms with Crippen LogP contribution < -0.4 is 5.32 Å². The smallest absolute Gasteiger partial charge is 0.0616 e. The van der Waals surface area contributed by atoms with Gasteiger partial charge in [-0.1, -0.05) is 6.92 Å². The molecule has 0 fully saturated rings. The van der Waals surface area contributed by atoms with E-state index in [1.54, 1.807) is 0 Å². The van der Waals surface area contributed by atoms with Crippen LogP contribution >= 0.6 is 0 Å². The fourth-order valence-electron chi connectivity index (χ4n) is 1.04. The van der Waals surface area contributed by atoms with E-state index in [0.29, 0.717) is 12.6 Å². The van der Waals surface area contributed by atoms with Gasteiger partial charge in [-0.15, -0.1) is 0 Å². The predicted octanol–water partition coefficient (Wildman–Crippen LogP) is 0.772. The van der Waals surface area contributed by atoms with Crippen LogP contribution in [0, 0.1) is 0 Å². The molecule has 74 valence electrons. The third kappa shape index (κ3) is 5.52. The van der Waals surface area contributed by atoms with Gasteiger partial charge in [0.15, 0.2) is 0 Å². The normalized spacial score (nSPS) is 16.0. The quantitative estimate of drug-likeness (QED) is 0.600. The third-order valence-electron chi connectivity index (χ3n) is 1.81. The predicted molar refractivity (Wildman–Crippen MR) is 50.3 cm³/mol. The van der Waals surface area contributed by atoms with Crippen molar-refractivity contribution >= 4 is 0 Å². The van der Waals surface area contributed by atoms with E-state index in [4.69, 9.17) is 9.84 Å². The van der Waals surface area contributed by atoms with Crippen molar-refractivity contribution in [3.63, 3.8) is 0 Å². The molecule has 0 amide bonds. The zero-order valence-corrected chi connectivity index (χ0v) is 8.34. The minimum atomic E-state index is 0.201. The van der Waals surface area contributed by atoms with Gasteiger partial charge in [-0.05, 0) is 20.3 Å². The molecule has 0 aliphatic carbocycles. The number of hydrogen-bond donors (Lipinski definition) is 2. The lowest BCUT2D eigenvalue weighted by Crippen LogP contribution is -2.40. The van der Waals surface area contributed by atoms with E-state index < -0.39 is 0 Å². The van der Waals surface area contributed by atoms with Crippen molar-refractivity contribution in [2.24, 2.45) is 0 Å². The molecule has 0 saturated carbocycles. The van der Waals surface area contributed by atoms with E-state index in [-0.39, 0.29) is 12.6 Å². The summed E-state index contributed by atoms with van der Waals surface area (Å²) >= 11 is 0. The number of aliphatic hydroxyl groups excluding tert-OH is 1. The lowest BCUT2D eigenvalue weighted by Gasteiger charge is -2.19. The number of rotatable bonds is 7. The summed E-state index contributed by atoms with van der Waals surface area (Å²) in [5, 5.41) is 12.2. The molecule has 0 rings (SSSR count). The lowest BCUT2D eigenvalue weighted by molar-refractivity contribution is 0.117. The van der Waals surface area contributed by atoms with Gasteiger partial charge < -0.3 is 15.2 Å². The first-order chi connectivity index (χ1) is 5.74. The third-order valence-corrected chi connectivity index (χ3v) is 1.81. The molecule has 0 aliphatic heterocycles. The van der Waals surface area contributed by atoms with Gasteiger partial charge in [0.25, 0.3) is 0 Å². The Balaban J connectivity index is 3.44. The van der Waals surface area contributed by atoms with Crippen LogP contribution in [0.4, 0.5) is 0 Å². The second kappa shape index (κ2) is 7.53. The molecule has 0 aromatic heterocycles. The van der Waals surface area contributed by atoms with E-state index in [2.05, 4.69) is 19.2 Å². The van der Waals surface area contributed by atoms with Crippen molar-refractivity contribution in [3.8, 4) is 0 Å². The van der Waals surface area contributed by atoms with Gasteiger partial charge in [-0.2, -0.15) is 0 Å². The molecule has 0 aromatic rings. The van der Waals surface area contributed by atoms with Gasteiger partial charge in [0, 0.05) is 18.7 Å². The van der Waals surface area contributed by atoms with E-state index in [1.165, 1.54) is 0 Å². The lowest BCUT2D eigenvalue weighted by atomic mass is 10.2. The van der Waals surface area contributed by atoms with E-state index >= 15 is 0 Å². The largest absolute Gasteiger partial charge is 0.395 e. The first-order valence-electron chi connectivity index (χ1n) is 4.69. The zero-order chi connectivity index (χ0) is 9.40. The molecular formula is C9H21NO2. The summed E-state index contributed by atoms with van der Waals surface area (Å²) in [5.41, 5.74) is 0. The van der Waals surface area contributed by atoms with Crippen molar-refractivity contribution in [1.82, 2.24) is 5.32 Å². The highest BCUT2D eigenvalue weighted by molar-refractivity contribution is 4.68. The van der Waals surface area contributed by atoms with Gasteiger partial charge in [0.05, 0.1) is 13.2 Å². The van der Waals surface area contributed by atoms with Crippen LogP contribution in [0.15, 0.2) is 0 Å². The maximum Gasteiger partial charge on any atom is 0.0616 e. The van der Waals surface area contributed by atoms with Crippen LogP contribution in [-0.2, 0) is 4.74 Å². The fraction of sp³-hybridized carbons (Fsp3) is 1.00. The monoisotopic (exact) mass is 175 g/mol. The van der Waals surface area contributed by atoms with Crippen molar-refractivity contribution in [2.75, 3.05) is 19.8 Å². The molecule has 0 aliphatic rings. The molecule has 1 unspecified atom stereocenters. The Bertz CT molecular complexity index is 94.5. The Morgan fingerprint density at radius 3 is 2.50 bits per heavy atom. The molecular weight excluding hydrogens is 154 g/mol. The van der Waals surface area contributed by atoms with Crippen molar-refractivity contribution in [1.29, 1.82) is 0 Å².